The monoisotopic (exact) mass is 385 g/mol. The van der Waals surface area contributed by atoms with E-state index in [0.29, 0.717) is 23.6 Å². The van der Waals surface area contributed by atoms with Gasteiger partial charge in [0.15, 0.2) is 0 Å². The zero-order valence-corrected chi connectivity index (χ0v) is 15.2. The molecular weight excluding hydrogens is 366 g/mol. The second kappa shape index (κ2) is 7.16. The lowest BCUT2D eigenvalue weighted by molar-refractivity contribution is 0.0930. The molecule has 0 aliphatic carbocycles. The van der Waals surface area contributed by atoms with Gasteiger partial charge in [0.1, 0.15) is 5.50 Å². The van der Waals surface area contributed by atoms with Crippen LogP contribution in [-0.2, 0) is 5.54 Å². The zero-order valence-electron chi connectivity index (χ0n) is 14.4. The molecule has 140 valence electrons. The van der Waals surface area contributed by atoms with Gasteiger partial charge in [-0.2, -0.15) is 0 Å². The summed E-state index contributed by atoms with van der Waals surface area (Å²) in [6, 6.07) is 9.00. The van der Waals surface area contributed by atoms with Crippen molar-refractivity contribution in [1.29, 1.82) is 0 Å². The number of carbonyl (C=O) groups is 2. The van der Waals surface area contributed by atoms with Gasteiger partial charge in [0, 0.05) is 42.7 Å². The van der Waals surface area contributed by atoms with Gasteiger partial charge in [-0.1, -0.05) is 18.2 Å². The molecule has 2 saturated heterocycles. The van der Waals surface area contributed by atoms with E-state index in [1.165, 1.54) is 4.90 Å². The average molecular weight is 385 g/mol. The van der Waals surface area contributed by atoms with Crippen LogP contribution in [0.25, 0.3) is 0 Å². The lowest BCUT2D eigenvalue weighted by Crippen LogP contribution is -2.61. The van der Waals surface area contributed by atoms with Crippen molar-refractivity contribution in [2.75, 3.05) is 18.8 Å². The highest BCUT2D eigenvalue weighted by Gasteiger charge is 2.54. The smallest absolute Gasteiger partial charge is 0.407 e. The minimum Gasteiger partial charge on any atom is -0.465 e. The minimum atomic E-state index is -0.954. The van der Waals surface area contributed by atoms with Crippen molar-refractivity contribution in [3.05, 3.63) is 60.2 Å². The Morgan fingerprint density at radius 1 is 1.30 bits per heavy atom. The molecule has 3 heterocycles. The van der Waals surface area contributed by atoms with Gasteiger partial charge in [-0.25, -0.2) is 4.79 Å². The summed E-state index contributed by atoms with van der Waals surface area (Å²) < 4.78 is 0. The summed E-state index contributed by atoms with van der Waals surface area (Å²) in [6.07, 6.45) is 3.90. The summed E-state index contributed by atoms with van der Waals surface area (Å²) in [5, 5.41) is 15.9. The summed E-state index contributed by atoms with van der Waals surface area (Å²) in [7, 11) is 0. The molecule has 2 aliphatic heterocycles. The lowest BCUT2D eigenvalue weighted by atomic mass is 9.85. The molecular formula is C18H19N5O3S. The molecule has 3 N–H and O–H groups in total. The van der Waals surface area contributed by atoms with Crippen molar-refractivity contribution in [2.24, 2.45) is 5.92 Å². The van der Waals surface area contributed by atoms with E-state index in [0.717, 1.165) is 0 Å². The molecule has 1 aromatic heterocycles. The van der Waals surface area contributed by atoms with Crippen LogP contribution >= 0.6 is 11.8 Å². The predicted molar refractivity (Wildman–Crippen MR) is 100 cm³/mol. The van der Waals surface area contributed by atoms with E-state index < -0.39 is 11.6 Å². The maximum absolute atomic E-state index is 12.5. The number of rotatable bonds is 3. The van der Waals surface area contributed by atoms with Crippen molar-refractivity contribution in [3.8, 4) is 0 Å². The van der Waals surface area contributed by atoms with Crippen LogP contribution in [0.15, 0.2) is 48.9 Å². The highest BCUT2D eigenvalue weighted by atomic mass is 32.2. The molecule has 0 radical (unpaired) electrons. The van der Waals surface area contributed by atoms with Crippen LogP contribution in [0, 0.1) is 5.92 Å². The second-order valence-electron chi connectivity index (χ2n) is 6.62. The molecule has 2 aliphatic rings. The van der Waals surface area contributed by atoms with Gasteiger partial charge < -0.3 is 15.3 Å². The summed E-state index contributed by atoms with van der Waals surface area (Å²) >= 11 is 1.56. The van der Waals surface area contributed by atoms with Crippen LogP contribution < -0.4 is 10.6 Å². The molecule has 2 fully saturated rings. The van der Waals surface area contributed by atoms with Crippen LogP contribution in [0.3, 0.4) is 0 Å². The van der Waals surface area contributed by atoms with Gasteiger partial charge in [-0.05, 0) is 12.1 Å². The molecule has 1 unspecified atom stereocenters. The summed E-state index contributed by atoms with van der Waals surface area (Å²) in [5.74, 6) is 0.564. The number of amides is 2. The first-order valence-corrected chi connectivity index (χ1v) is 9.63. The predicted octanol–water partition coefficient (Wildman–Crippen LogP) is 1.33. The zero-order chi connectivity index (χ0) is 18.9. The van der Waals surface area contributed by atoms with E-state index in [1.54, 1.807) is 42.5 Å². The van der Waals surface area contributed by atoms with E-state index in [-0.39, 0.29) is 23.9 Å². The number of fused-ring (bicyclic) bond motifs is 1. The van der Waals surface area contributed by atoms with Gasteiger partial charge in [-0.3, -0.25) is 20.1 Å². The largest absolute Gasteiger partial charge is 0.465 e. The van der Waals surface area contributed by atoms with Gasteiger partial charge in [0.05, 0.1) is 17.4 Å². The summed E-state index contributed by atoms with van der Waals surface area (Å²) in [6.45, 7) is 0.690. The minimum absolute atomic E-state index is 0.0418. The van der Waals surface area contributed by atoms with Crippen LogP contribution in [0.1, 0.15) is 16.1 Å². The highest BCUT2D eigenvalue weighted by molar-refractivity contribution is 7.99. The first kappa shape index (κ1) is 17.7. The van der Waals surface area contributed by atoms with Gasteiger partial charge >= 0.3 is 6.09 Å². The first-order valence-electron chi connectivity index (χ1n) is 8.58. The molecule has 8 nitrogen and oxygen atoms in total. The maximum atomic E-state index is 12.5. The lowest BCUT2D eigenvalue weighted by Gasteiger charge is -2.42. The third-order valence-electron chi connectivity index (χ3n) is 5.02. The third-order valence-corrected chi connectivity index (χ3v) is 6.18. The number of nitrogens with one attached hydrogen (secondary N) is 2. The number of carbonyl (C=O) groups excluding carboxylic acids is 1. The van der Waals surface area contributed by atoms with Crippen molar-refractivity contribution >= 4 is 23.8 Å². The van der Waals surface area contributed by atoms with E-state index >= 15 is 0 Å². The quantitative estimate of drug-likeness (QED) is 0.732. The number of carboxylic acid groups (broad SMARTS) is 1. The van der Waals surface area contributed by atoms with E-state index in [1.807, 2.05) is 18.2 Å². The van der Waals surface area contributed by atoms with Crippen molar-refractivity contribution in [1.82, 2.24) is 25.5 Å². The van der Waals surface area contributed by atoms with Crippen LogP contribution in [0.4, 0.5) is 4.79 Å². The topological polar surface area (TPSA) is 107 Å². The fourth-order valence-electron chi connectivity index (χ4n) is 3.67. The Morgan fingerprint density at radius 2 is 2.11 bits per heavy atom. The SMILES string of the molecule is O=C(NC1N[C@@]2(c3cnccn3)CN(C(=O)O)C[C@H]2CS1)c1ccccc1. The van der Waals surface area contributed by atoms with Gasteiger partial charge in [-0.15, -0.1) is 11.8 Å². The van der Waals surface area contributed by atoms with E-state index in [2.05, 4.69) is 20.6 Å². The Balaban J connectivity index is 1.59. The number of benzene rings is 1. The Bertz CT molecular complexity index is 837. The highest BCUT2D eigenvalue weighted by Crippen LogP contribution is 2.42. The van der Waals surface area contributed by atoms with Crippen LogP contribution in [-0.4, -0.2) is 56.3 Å². The number of aromatic nitrogens is 2. The molecule has 27 heavy (non-hydrogen) atoms. The fourth-order valence-corrected chi connectivity index (χ4v) is 4.97. The number of hydrogen-bond acceptors (Lipinski definition) is 6. The fraction of sp³-hybridized carbons (Fsp3) is 0.333. The normalized spacial score (nSPS) is 27.0. The average Bonchev–Trinajstić information content (AvgIpc) is 3.10. The first-order chi connectivity index (χ1) is 13.1. The van der Waals surface area contributed by atoms with E-state index in [9.17, 15) is 14.7 Å². The Morgan fingerprint density at radius 3 is 2.81 bits per heavy atom. The molecule has 2 aromatic rings. The molecule has 2 amide bonds. The molecule has 0 saturated carbocycles. The summed E-state index contributed by atoms with van der Waals surface area (Å²) in [5.41, 5.74) is 0.240. The Hall–Kier alpha value is -2.65. The van der Waals surface area contributed by atoms with Crippen molar-refractivity contribution in [3.63, 3.8) is 0 Å². The Labute approximate surface area is 160 Å². The van der Waals surface area contributed by atoms with Crippen molar-refractivity contribution < 1.29 is 14.7 Å². The number of likely N-dealkylation sites (tertiary alicyclic amines) is 1. The maximum Gasteiger partial charge on any atom is 0.407 e. The second-order valence-corrected chi connectivity index (χ2v) is 7.76. The third kappa shape index (κ3) is 3.35. The van der Waals surface area contributed by atoms with Crippen LogP contribution in [0.5, 0.6) is 0 Å². The van der Waals surface area contributed by atoms with Gasteiger partial charge in [0.2, 0.25) is 0 Å². The van der Waals surface area contributed by atoms with Gasteiger partial charge in [0.25, 0.3) is 5.91 Å². The number of thioether (sulfide) groups is 1. The molecule has 0 spiro atoms. The molecule has 1 aromatic carbocycles. The Kier molecular flexibility index (Phi) is 4.71. The standard InChI is InChI=1S/C18H19N5O3S/c24-15(12-4-2-1-3-5-12)21-16-22-18(14-8-19-6-7-20-14)11-23(17(25)26)9-13(18)10-27-16/h1-8,13,16,22H,9-11H2,(H,21,24)(H,25,26)/t13-,16?,18-/m0/s1. The van der Waals surface area contributed by atoms with Crippen LogP contribution in [0.2, 0.25) is 0 Å². The number of nitrogens with zero attached hydrogens (tertiary/aromatic N) is 3. The number of hydrogen-bond donors (Lipinski definition) is 3. The molecule has 9 heteroatoms. The van der Waals surface area contributed by atoms with Crippen molar-refractivity contribution in [2.45, 2.75) is 11.0 Å². The molecule has 4 rings (SSSR count). The molecule has 0 bridgehead atoms. The van der Waals surface area contributed by atoms with E-state index in [4.69, 9.17) is 0 Å². The summed E-state index contributed by atoms with van der Waals surface area (Å²) in [4.78, 5) is 34.1. The molecule has 3 atom stereocenters.